The molecule has 0 aliphatic carbocycles. The van der Waals surface area contributed by atoms with Gasteiger partial charge >= 0.3 is 0 Å². The minimum absolute atomic E-state index is 0.796. The highest BCUT2D eigenvalue weighted by Gasteiger charge is 2.11. The third-order valence-electron chi connectivity index (χ3n) is 2.89. The maximum absolute atomic E-state index is 5.48. The van der Waals surface area contributed by atoms with Crippen LogP contribution in [0.15, 0.2) is 42.6 Å². The van der Waals surface area contributed by atoms with Crippen molar-refractivity contribution in [3.05, 3.63) is 53.7 Å². The van der Waals surface area contributed by atoms with Gasteiger partial charge in [-0.1, -0.05) is 18.2 Å². The van der Waals surface area contributed by atoms with Crippen LogP contribution in [0.2, 0.25) is 0 Å². The highest BCUT2D eigenvalue weighted by Crippen LogP contribution is 2.25. The second-order valence-electron chi connectivity index (χ2n) is 4.11. The maximum atomic E-state index is 5.48. The fourth-order valence-electron chi connectivity index (χ4n) is 2.01. The summed E-state index contributed by atoms with van der Waals surface area (Å²) in [5.41, 5.74) is 2.57. The second kappa shape index (κ2) is 4.45. The molecular weight excluding hydrogens is 212 g/mol. The Kier molecular flexibility index (Phi) is 2.66. The summed E-state index contributed by atoms with van der Waals surface area (Å²) < 4.78 is 5.48. The van der Waals surface area contributed by atoms with E-state index in [4.69, 9.17) is 4.74 Å². The zero-order valence-electron chi connectivity index (χ0n) is 9.52. The fraction of sp³-hybridized carbons (Fsp3) is 0.214. The summed E-state index contributed by atoms with van der Waals surface area (Å²) in [4.78, 5) is 4.23. The summed E-state index contributed by atoms with van der Waals surface area (Å²) in [5, 5.41) is 3.30. The van der Waals surface area contributed by atoms with Gasteiger partial charge in [-0.15, -0.1) is 0 Å². The van der Waals surface area contributed by atoms with Gasteiger partial charge in [0, 0.05) is 19.2 Å². The van der Waals surface area contributed by atoms with Gasteiger partial charge in [-0.2, -0.15) is 0 Å². The van der Waals surface area contributed by atoms with Crippen molar-refractivity contribution in [1.29, 1.82) is 0 Å². The molecule has 3 rings (SSSR count). The Labute approximate surface area is 100 Å². The molecule has 2 aromatic rings. The van der Waals surface area contributed by atoms with Gasteiger partial charge in [-0.25, -0.2) is 4.98 Å². The van der Waals surface area contributed by atoms with Crippen molar-refractivity contribution in [2.45, 2.75) is 13.0 Å². The third kappa shape index (κ3) is 2.23. The monoisotopic (exact) mass is 226 g/mol. The summed E-state index contributed by atoms with van der Waals surface area (Å²) in [6.07, 6.45) is 2.81. The van der Waals surface area contributed by atoms with E-state index in [1.54, 1.807) is 6.20 Å². The molecule has 0 saturated carbocycles. The van der Waals surface area contributed by atoms with Gasteiger partial charge in [-0.05, 0) is 29.3 Å². The molecule has 0 bridgehead atoms. The van der Waals surface area contributed by atoms with E-state index in [-0.39, 0.29) is 0 Å². The van der Waals surface area contributed by atoms with Crippen LogP contribution in [0.1, 0.15) is 11.1 Å². The number of pyridine rings is 1. The van der Waals surface area contributed by atoms with Gasteiger partial charge in [0.15, 0.2) is 0 Å². The lowest BCUT2D eigenvalue weighted by Crippen LogP contribution is -2.00. The molecule has 0 amide bonds. The zero-order chi connectivity index (χ0) is 11.5. The van der Waals surface area contributed by atoms with E-state index >= 15 is 0 Å². The van der Waals surface area contributed by atoms with Gasteiger partial charge in [-0.3, -0.25) is 0 Å². The zero-order valence-corrected chi connectivity index (χ0v) is 9.52. The average Bonchev–Trinajstić information content (AvgIpc) is 2.85. The molecule has 3 nitrogen and oxygen atoms in total. The van der Waals surface area contributed by atoms with Gasteiger partial charge in [0.25, 0.3) is 0 Å². The van der Waals surface area contributed by atoms with Crippen LogP contribution in [0.5, 0.6) is 5.75 Å². The summed E-state index contributed by atoms with van der Waals surface area (Å²) in [6.45, 7) is 1.61. The molecule has 0 spiro atoms. The molecular formula is C14H14N2O. The molecule has 86 valence electrons. The molecule has 0 fully saturated rings. The van der Waals surface area contributed by atoms with Gasteiger partial charge in [0.2, 0.25) is 0 Å². The van der Waals surface area contributed by atoms with Crippen LogP contribution >= 0.6 is 0 Å². The maximum Gasteiger partial charge on any atom is 0.126 e. The third-order valence-corrected chi connectivity index (χ3v) is 2.89. The minimum atomic E-state index is 0.796. The molecule has 1 aliphatic rings. The van der Waals surface area contributed by atoms with E-state index < -0.39 is 0 Å². The van der Waals surface area contributed by atoms with Crippen molar-refractivity contribution in [3.8, 4) is 5.75 Å². The van der Waals surface area contributed by atoms with Gasteiger partial charge < -0.3 is 10.1 Å². The normalized spacial score (nSPS) is 12.9. The number of hydrogen-bond acceptors (Lipinski definition) is 3. The molecule has 0 atom stereocenters. The first-order valence-electron chi connectivity index (χ1n) is 5.81. The van der Waals surface area contributed by atoms with E-state index in [9.17, 15) is 0 Å². The van der Waals surface area contributed by atoms with Crippen molar-refractivity contribution in [3.63, 3.8) is 0 Å². The SMILES string of the molecule is c1ccc(NCc2ccc3c(c2)CCO3)nc1. The second-order valence-corrected chi connectivity index (χ2v) is 4.11. The highest BCUT2D eigenvalue weighted by atomic mass is 16.5. The van der Waals surface area contributed by atoms with Crippen LogP contribution < -0.4 is 10.1 Å². The standard InChI is InChI=1S/C14H14N2O/c1-2-7-15-14(3-1)16-10-11-4-5-13-12(9-11)6-8-17-13/h1-5,7,9H,6,8,10H2,(H,15,16). The Morgan fingerprint density at radius 1 is 1.24 bits per heavy atom. The minimum Gasteiger partial charge on any atom is -0.493 e. The Morgan fingerprint density at radius 2 is 2.24 bits per heavy atom. The summed E-state index contributed by atoms with van der Waals surface area (Å²) in [7, 11) is 0. The number of rotatable bonds is 3. The van der Waals surface area contributed by atoms with E-state index in [0.717, 1.165) is 31.1 Å². The molecule has 1 aromatic heterocycles. The van der Waals surface area contributed by atoms with Crippen molar-refractivity contribution in [2.24, 2.45) is 0 Å². The Balaban J connectivity index is 1.70. The lowest BCUT2D eigenvalue weighted by Gasteiger charge is -2.06. The average molecular weight is 226 g/mol. The number of aromatic nitrogens is 1. The quantitative estimate of drug-likeness (QED) is 0.873. The first kappa shape index (κ1) is 10.1. The number of nitrogens with zero attached hydrogens (tertiary/aromatic N) is 1. The molecule has 1 N–H and O–H groups in total. The molecule has 1 aliphatic heterocycles. The van der Waals surface area contributed by atoms with Crippen molar-refractivity contribution in [2.75, 3.05) is 11.9 Å². The predicted molar refractivity (Wildman–Crippen MR) is 67.2 cm³/mol. The number of fused-ring (bicyclic) bond motifs is 1. The van der Waals surface area contributed by atoms with Gasteiger partial charge in [0.1, 0.15) is 11.6 Å². The summed E-state index contributed by atoms with van der Waals surface area (Å²) in [6, 6.07) is 12.2. The van der Waals surface area contributed by atoms with Crippen LogP contribution in [-0.4, -0.2) is 11.6 Å². The largest absolute Gasteiger partial charge is 0.493 e. The summed E-state index contributed by atoms with van der Waals surface area (Å²) in [5.74, 6) is 1.94. The van der Waals surface area contributed by atoms with Crippen LogP contribution in [0, 0.1) is 0 Å². The molecule has 2 heterocycles. The molecule has 1 aromatic carbocycles. The van der Waals surface area contributed by atoms with E-state index in [1.807, 2.05) is 18.2 Å². The molecule has 17 heavy (non-hydrogen) atoms. The topological polar surface area (TPSA) is 34.1 Å². The first-order chi connectivity index (χ1) is 8.42. The van der Waals surface area contributed by atoms with Gasteiger partial charge in [0.05, 0.1) is 6.61 Å². The number of nitrogens with one attached hydrogen (secondary N) is 1. The van der Waals surface area contributed by atoms with E-state index in [2.05, 4.69) is 28.5 Å². The number of anilines is 1. The fourth-order valence-corrected chi connectivity index (χ4v) is 2.01. The highest BCUT2D eigenvalue weighted by molar-refractivity contribution is 5.41. The van der Waals surface area contributed by atoms with Crippen molar-refractivity contribution in [1.82, 2.24) is 4.98 Å². The lowest BCUT2D eigenvalue weighted by atomic mass is 10.1. The van der Waals surface area contributed by atoms with Crippen molar-refractivity contribution >= 4 is 5.82 Å². The Hall–Kier alpha value is -2.03. The number of hydrogen-bond donors (Lipinski definition) is 1. The van der Waals surface area contributed by atoms with E-state index in [1.165, 1.54) is 11.1 Å². The molecule has 0 radical (unpaired) electrons. The van der Waals surface area contributed by atoms with E-state index in [0.29, 0.717) is 0 Å². The Morgan fingerprint density at radius 3 is 3.12 bits per heavy atom. The van der Waals surface area contributed by atoms with Crippen LogP contribution in [-0.2, 0) is 13.0 Å². The number of benzene rings is 1. The number of ether oxygens (including phenoxy) is 1. The van der Waals surface area contributed by atoms with Crippen LogP contribution in [0.3, 0.4) is 0 Å². The first-order valence-corrected chi connectivity index (χ1v) is 5.81. The summed E-state index contributed by atoms with van der Waals surface area (Å²) >= 11 is 0. The molecule has 0 saturated heterocycles. The Bertz CT molecular complexity index is 511. The molecule has 0 unspecified atom stereocenters. The van der Waals surface area contributed by atoms with Crippen molar-refractivity contribution < 1.29 is 4.74 Å². The molecule has 3 heteroatoms. The van der Waals surface area contributed by atoms with Crippen LogP contribution in [0.25, 0.3) is 0 Å². The smallest absolute Gasteiger partial charge is 0.126 e. The predicted octanol–water partition coefficient (Wildman–Crippen LogP) is 2.63. The van der Waals surface area contributed by atoms with Crippen LogP contribution in [0.4, 0.5) is 5.82 Å². The lowest BCUT2D eigenvalue weighted by molar-refractivity contribution is 0.357.